The maximum absolute atomic E-state index is 6.18. The van der Waals surface area contributed by atoms with Crippen molar-refractivity contribution in [2.45, 2.75) is 26.5 Å². The van der Waals surface area contributed by atoms with E-state index in [1.807, 2.05) is 44.2 Å². The molecule has 2 rings (SSSR count). The Kier molecular flexibility index (Phi) is 5.99. The highest BCUT2D eigenvalue weighted by Crippen LogP contribution is 2.36. The minimum atomic E-state index is 0.0461. The summed E-state index contributed by atoms with van der Waals surface area (Å²) >= 11 is 6.18. The van der Waals surface area contributed by atoms with Gasteiger partial charge in [0.2, 0.25) is 0 Å². The summed E-state index contributed by atoms with van der Waals surface area (Å²) in [5, 5.41) is 3.97. The first kappa shape index (κ1) is 17.3. The summed E-state index contributed by atoms with van der Waals surface area (Å²) in [4.78, 5) is 0. The average molecular weight is 336 g/mol. The lowest BCUT2D eigenvalue weighted by Gasteiger charge is -2.18. The molecule has 23 heavy (non-hydrogen) atoms. The number of ether oxygens (including phenoxy) is 3. The second kappa shape index (κ2) is 7.97. The van der Waals surface area contributed by atoms with Crippen LogP contribution >= 0.6 is 11.6 Å². The van der Waals surface area contributed by atoms with Crippen LogP contribution in [-0.4, -0.2) is 20.3 Å². The van der Waals surface area contributed by atoms with Gasteiger partial charge >= 0.3 is 0 Å². The van der Waals surface area contributed by atoms with Crippen molar-refractivity contribution in [3.05, 3.63) is 47.0 Å². The molecule has 0 radical (unpaired) electrons. The van der Waals surface area contributed by atoms with E-state index in [0.717, 1.165) is 17.0 Å². The van der Waals surface area contributed by atoms with Crippen LogP contribution < -0.4 is 19.5 Å². The van der Waals surface area contributed by atoms with Crippen LogP contribution in [0.1, 0.15) is 19.4 Å². The number of hydrogen-bond acceptors (Lipinski definition) is 4. The van der Waals surface area contributed by atoms with Crippen molar-refractivity contribution in [3.8, 4) is 17.2 Å². The lowest BCUT2D eigenvalue weighted by molar-refractivity contribution is 0.228. The molecule has 124 valence electrons. The van der Waals surface area contributed by atoms with Crippen LogP contribution in [0.25, 0.3) is 0 Å². The van der Waals surface area contributed by atoms with Crippen molar-refractivity contribution in [1.82, 2.24) is 0 Å². The van der Waals surface area contributed by atoms with Gasteiger partial charge in [0.15, 0.2) is 11.5 Å². The Hall–Kier alpha value is -2.07. The van der Waals surface area contributed by atoms with Crippen molar-refractivity contribution >= 4 is 17.3 Å². The van der Waals surface area contributed by atoms with E-state index < -0.39 is 0 Å². The van der Waals surface area contributed by atoms with Gasteiger partial charge < -0.3 is 19.5 Å². The molecule has 0 atom stereocenters. The Morgan fingerprint density at radius 3 is 2.30 bits per heavy atom. The SMILES string of the molecule is COc1ccc(NCc2cc(Cl)cc(OC)c2OC(C)C)cc1. The number of hydrogen-bond donors (Lipinski definition) is 1. The van der Waals surface area contributed by atoms with Gasteiger partial charge in [-0.05, 0) is 44.2 Å². The molecule has 0 aliphatic carbocycles. The molecule has 0 saturated heterocycles. The Morgan fingerprint density at radius 1 is 1.04 bits per heavy atom. The van der Waals surface area contributed by atoms with Crippen molar-refractivity contribution in [2.75, 3.05) is 19.5 Å². The van der Waals surface area contributed by atoms with Gasteiger partial charge in [0.1, 0.15) is 5.75 Å². The molecule has 1 N–H and O–H groups in total. The maximum Gasteiger partial charge on any atom is 0.166 e. The van der Waals surface area contributed by atoms with Crippen LogP contribution in [0.5, 0.6) is 17.2 Å². The highest BCUT2D eigenvalue weighted by Gasteiger charge is 2.14. The third-order valence-electron chi connectivity index (χ3n) is 3.24. The Morgan fingerprint density at radius 2 is 1.74 bits per heavy atom. The smallest absolute Gasteiger partial charge is 0.166 e. The van der Waals surface area contributed by atoms with Crippen molar-refractivity contribution in [1.29, 1.82) is 0 Å². The zero-order chi connectivity index (χ0) is 16.8. The molecule has 5 heteroatoms. The molecule has 0 aromatic heterocycles. The van der Waals surface area contributed by atoms with E-state index in [1.165, 1.54) is 0 Å². The molecule has 0 spiro atoms. The summed E-state index contributed by atoms with van der Waals surface area (Å²) in [7, 11) is 3.26. The summed E-state index contributed by atoms with van der Waals surface area (Å²) < 4.78 is 16.5. The first-order valence-electron chi connectivity index (χ1n) is 7.44. The minimum absolute atomic E-state index is 0.0461. The van der Waals surface area contributed by atoms with Crippen LogP contribution in [-0.2, 0) is 6.54 Å². The maximum atomic E-state index is 6.18. The second-order valence-electron chi connectivity index (χ2n) is 5.34. The van der Waals surface area contributed by atoms with E-state index in [-0.39, 0.29) is 6.10 Å². The molecular formula is C18H22ClNO3. The molecule has 0 amide bonds. The van der Waals surface area contributed by atoms with Crippen molar-refractivity contribution < 1.29 is 14.2 Å². The first-order valence-corrected chi connectivity index (χ1v) is 7.82. The number of benzene rings is 2. The Balaban J connectivity index is 2.21. The third-order valence-corrected chi connectivity index (χ3v) is 3.46. The highest BCUT2D eigenvalue weighted by atomic mass is 35.5. The molecule has 0 aliphatic heterocycles. The quantitative estimate of drug-likeness (QED) is 0.792. The van der Waals surface area contributed by atoms with E-state index >= 15 is 0 Å². The van der Waals surface area contributed by atoms with Gasteiger partial charge in [0, 0.05) is 28.9 Å². The average Bonchev–Trinajstić information content (AvgIpc) is 2.54. The molecular weight excluding hydrogens is 314 g/mol. The molecule has 0 unspecified atom stereocenters. The van der Waals surface area contributed by atoms with Crippen LogP contribution in [0.2, 0.25) is 5.02 Å². The molecule has 2 aromatic rings. The fourth-order valence-electron chi connectivity index (χ4n) is 2.18. The van der Waals surface area contributed by atoms with E-state index in [9.17, 15) is 0 Å². The van der Waals surface area contributed by atoms with E-state index in [1.54, 1.807) is 20.3 Å². The number of nitrogens with one attached hydrogen (secondary N) is 1. The molecule has 0 aliphatic rings. The van der Waals surface area contributed by atoms with Gasteiger partial charge in [-0.2, -0.15) is 0 Å². The van der Waals surface area contributed by atoms with Crippen LogP contribution in [0.4, 0.5) is 5.69 Å². The lowest BCUT2D eigenvalue weighted by Crippen LogP contribution is -2.10. The zero-order valence-corrected chi connectivity index (χ0v) is 14.6. The zero-order valence-electron chi connectivity index (χ0n) is 13.9. The topological polar surface area (TPSA) is 39.7 Å². The molecule has 0 fully saturated rings. The Labute approximate surface area is 142 Å². The van der Waals surface area contributed by atoms with E-state index in [2.05, 4.69) is 5.32 Å². The number of rotatable bonds is 7. The van der Waals surface area contributed by atoms with Crippen molar-refractivity contribution in [2.24, 2.45) is 0 Å². The second-order valence-corrected chi connectivity index (χ2v) is 5.78. The predicted octanol–water partition coefficient (Wildman–Crippen LogP) is 4.76. The van der Waals surface area contributed by atoms with Crippen molar-refractivity contribution in [3.63, 3.8) is 0 Å². The summed E-state index contributed by atoms with van der Waals surface area (Å²) in [5.41, 5.74) is 1.93. The summed E-state index contributed by atoms with van der Waals surface area (Å²) in [6.07, 6.45) is 0.0461. The van der Waals surface area contributed by atoms with Crippen LogP contribution in [0.15, 0.2) is 36.4 Å². The molecule has 0 saturated carbocycles. The fraction of sp³-hybridized carbons (Fsp3) is 0.333. The van der Waals surface area contributed by atoms with Gasteiger partial charge in [-0.15, -0.1) is 0 Å². The molecule has 4 nitrogen and oxygen atoms in total. The molecule has 2 aromatic carbocycles. The van der Waals surface area contributed by atoms with Crippen LogP contribution in [0.3, 0.4) is 0 Å². The lowest BCUT2D eigenvalue weighted by atomic mass is 10.1. The van der Waals surface area contributed by atoms with Gasteiger partial charge in [0.05, 0.1) is 20.3 Å². The first-order chi connectivity index (χ1) is 11.0. The van der Waals surface area contributed by atoms with Gasteiger partial charge in [-0.25, -0.2) is 0 Å². The third kappa shape index (κ3) is 4.70. The number of halogens is 1. The monoisotopic (exact) mass is 335 g/mol. The highest BCUT2D eigenvalue weighted by molar-refractivity contribution is 6.30. The van der Waals surface area contributed by atoms with Gasteiger partial charge in [-0.3, -0.25) is 0 Å². The molecule has 0 heterocycles. The Bertz CT molecular complexity index is 641. The number of anilines is 1. The van der Waals surface area contributed by atoms with Gasteiger partial charge in [0.25, 0.3) is 0 Å². The largest absolute Gasteiger partial charge is 0.497 e. The summed E-state index contributed by atoms with van der Waals surface area (Å²) in [5.74, 6) is 2.18. The fourth-order valence-corrected chi connectivity index (χ4v) is 2.41. The summed E-state index contributed by atoms with van der Waals surface area (Å²) in [6, 6.07) is 11.4. The predicted molar refractivity (Wildman–Crippen MR) is 94.1 cm³/mol. The van der Waals surface area contributed by atoms with Crippen LogP contribution in [0, 0.1) is 0 Å². The van der Waals surface area contributed by atoms with E-state index in [0.29, 0.717) is 23.1 Å². The van der Waals surface area contributed by atoms with Gasteiger partial charge in [-0.1, -0.05) is 11.6 Å². The minimum Gasteiger partial charge on any atom is -0.497 e. The normalized spacial score (nSPS) is 10.5. The van der Waals surface area contributed by atoms with E-state index in [4.69, 9.17) is 25.8 Å². The molecule has 0 bridgehead atoms. The number of methoxy groups -OCH3 is 2. The summed E-state index contributed by atoms with van der Waals surface area (Å²) in [6.45, 7) is 4.54. The standard InChI is InChI=1S/C18H22ClNO3/c1-12(2)23-18-13(9-14(19)10-17(18)22-4)11-20-15-5-7-16(21-3)8-6-15/h5-10,12,20H,11H2,1-4H3.